The molecular formula is C133H262. The molecule has 0 aliphatic heterocycles. The minimum Gasteiger partial charge on any atom is -0.103 e. The summed E-state index contributed by atoms with van der Waals surface area (Å²) >= 11 is 0. The van der Waals surface area contributed by atoms with Gasteiger partial charge in [-0.15, -0.1) is 13.2 Å². The lowest BCUT2D eigenvalue weighted by Gasteiger charge is -2.37. The van der Waals surface area contributed by atoms with E-state index < -0.39 is 0 Å². The van der Waals surface area contributed by atoms with Crippen molar-refractivity contribution in [1.29, 1.82) is 0 Å². The molecule has 794 valence electrons. The Hall–Kier alpha value is -2.34. The van der Waals surface area contributed by atoms with Gasteiger partial charge in [0.2, 0.25) is 0 Å². The first kappa shape index (κ1) is 116. The predicted octanol–water partition coefficient (Wildman–Crippen LogP) is 47.6. The molecule has 0 aromatic heterocycles. The van der Waals surface area contributed by atoms with Crippen LogP contribution in [0, 0.1) is 166 Å². The van der Waals surface area contributed by atoms with Crippen molar-refractivity contribution in [2.75, 3.05) is 0 Å². The van der Waals surface area contributed by atoms with Crippen molar-refractivity contribution in [3.8, 4) is 0 Å². The molecule has 14 aliphatic rings. The van der Waals surface area contributed by atoms with E-state index in [2.05, 4.69) is 193 Å². The van der Waals surface area contributed by atoms with E-state index in [4.69, 9.17) is 0 Å². The van der Waals surface area contributed by atoms with Gasteiger partial charge in [0.15, 0.2) is 0 Å². The molecule has 0 nitrogen and oxygen atoms in total. The van der Waals surface area contributed by atoms with Crippen LogP contribution in [0.25, 0.3) is 0 Å². The van der Waals surface area contributed by atoms with Crippen LogP contribution in [0.2, 0.25) is 0 Å². The Morgan fingerprint density at radius 2 is 0.368 bits per heavy atom. The Labute approximate surface area is 855 Å². The van der Waals surface area contributed by atoms with Crippen molar-refractivity contribution in [1.82, 2.24) is 0 Å². The smallest absolute Gasteiger partial charge is 0 e. The normalized spacial score (nSPS) is 36.7. The molecule has 0 bridgehead atoms. The number of rotatable bonds is 35. The SMILES string of the molecule is C/C=C/C1CCC(C2CCC(/C=C/C)CC2)CC1.C/C=C/CC1CCC(C2CCC(CC)CC2)CC1.C/C=C/CC1CCC(C2CCC(CCC)CC2)CC1.C/C=C/CC1CCC(C2CCC(CCCC)CC2)CC1.C/C=C/CC1CCC(C2CCC(CCCCC)CC2)CC1.C=CC1CCC(C2CCC(/C=C/C)CC2)CC1.C=CCC1CCC(C2CCC(CCCCC)CC2)CC1.[HH].[HH].[HH].[HH].[HH].[HH].[HH].[HH].[HH].[HH].[HH].[HH].[HH].[HH]. The van der Waals surface area contributed by atoms with Gasteiger partial charge in [-0.1, -0.05) is 286 Å². The molecule has 0 radical (unpaired) electrons. The summed E-state index contributed by atoms with van der Waals surface area (Å²) in [5.74, 6) is 28.9. The molecule has 0 heterocycles. The topological polar surface area (TPSA) is 0 Å². The molecule has 0 saturated heterocycles. The molecular weight excluding hydrogens is 1600 g/mol. The molecule has 0 heteroatoms. The molecule has 0 aromatic rings. The maximum Gasteiger partial charge on any atom is 0 e. The van der Waals surface area contributed by atoms with Crippen LogP contribution in [0.5, 0.6) is 0 Å². The van der Waals surface area contributed by atoms with Crippen LogP contribution in [0.4, 0.5) is 0 Å². The van der Waals surface area contributed by atoms with Crippen molar-refractivity contribution >= 4 is 0 Å². The summed E-state index contributed by atoms with van der Waals surface area (Å²) in [6.45, 7) is 34.6. The standard InChI is InChI=1S/C21H38.2C20H36.C19H34.C18H32.C18H30.C17H28.14H2/c1-3-5-7-9-19-12-16-21(17-13-19)20-14-10-18(11-15-20)8-6-4-2;1-3-5-6-8-18-11-15-20(16-12-18)19-13-9-17(7-4-2)10-14-19;1-3-5-7-17-9-13-19(14-10-17)20-15-11-18(12-16-20)8-6-4-2;1-3-5-7-17-10-14-19(15-11-17)18-12-8-16(6-4-2)9-13-18;1-3-5-6-16-9-13-18(14-10-16)17-11-7-15(4-2)8-12-17;1-3-5-15-7-11-17(12-8-15)18-13-9-16(6-4-2)10-14-18;1-3-5-15-8-12-17(13-9-15)16-10-6-14(4-2)7-11-16;;;;;;;;;;;;;;/h4,6,18-21H,3,5,7-17H2,1-2H3;4,17-20H,2-3,5-16H2,1H3;3,5,17-20H,4,6-16H2,1-2H3;3,5,16-19H,4,6-15H2,1-2H3;3,5,15-18H,4,6-14H2,1-2H3;3-6,15-18H,7-14H2,1-2H3;3-5,14-17H,2,6-13H2,1H3;14*1H/b6-4+;;3*5-3+;5-3+,6-4+;5-3+;;;;;;;;;;;;;;. The summed E-state index contributed by atoms with van der Waals surface area (Å²) in [6, 6.07) is 0. The van der Waals surface area contributed by atoms with Crippen LogP contribution in [0.3, 0.4) is 0 Å². The summed E-state index contributed by atoms with van der Waals surface area (Å²) in [5, 5.41) is 0. The Morgan fingerprint density at radius 3 is 0.556 bits per heavy atom. The minimum atomic E-state index is 0. The van der Waals surface area contributed by atoms with Crippen molar-refractivity contribution in [2.24, 2.45) is 166 Å². The zero-order valence-electron chi connectivity index (χ0n) is 91.9. The molecule has 133 heavy (non-hydrogen) atoms. The summed E-state index contributed by atoms with van der Waals surface area (Å²) < 4.78 is 0. The molecule has 0 unspecified atom stereocenters. The van der Waals surface area contributed by atoms with Crippen LogP contribution in [-0.2, 0) is 0 Å². The minimum absolute atomic E-state index is 0. The largest absolute Gasteiger partial charge is 0.103 e. The van der Waals surface area contributed by atoms with Gasteiger partial charge < -0.3 is 0 Å². The summed E-state index contributed by atoms with van der Waals surface area (Å²) in [6.07, 6.45) is 148. The van der Waals surface area contributed by atoms with Gasteiger partial charge in [-0.2, -0.15) is 0 Å². The molecule has 14 fully saturated rings. The highest BCUT2D eigenvalue weighted by molar-refractivity contribution is 4.98. The van der Waals surface area contributed by atoms with Gasteiger partial charge in [0, 0.05) is 20.0 Å². The van der Waals surface area contributed by atoms with Gasteiger partial charge in [0.05, 0.1) is 0 Å². The van der Waals surface area contributed by atoms with Crippen LogP contribution in [-0.4, -0.2) is 0 Å². The Bertz CT molecular complexity index is 2950. The van der Waals surface area contributed by atoms with Gasteiger partial charge >= 0.3 is 0 Å². The van der Waals surface area contributed by atoms with E-state index in [0.717, 1.165) is 166 Å². The van der Waals surface area contributed by atoms with Gasteiger partial charge in [-0.05, 0) is 542 Å². The van der Waals surface area contributed by atoms with E-state index in [9.17, 15) is 0 Å². The number of unbranched alkanes of at least 4 members (excludes halogenated alkanes) is 5. The average Bonchev–Trinajstić information content (AvgIpc) is 0.895. The quantitative estimate of drug-likeness (QED) is 0.0438. The Morgan fingerprint density at radius 1 is 0.180 bits per heavy atom. The lowest BCUT2D eigenvalue weighted by Crippen LogP contribution is -2.25. The molecule has 14 aliphatic carbocycles. The second-order valence-corrected chi connectivity index (χ2v) is 49.4. The van der Waals surface area contributed by atoms with Crippen LogP contribution < -0.4 is 0 Å². The highest BCUT2D eigenvalue weighted by atomic mass is 14.4. The van der Waals surface area contributed by atoms with Gasteiger partial charge in [-0.25, -0.2) is 0 Å². The molecule has 0 spiro atoms. The zero-order valence-corrected chi connectivity index (χ0v) is 91.9. The average molecular weight is 1860 g/mol. The van der Waals surface area contributed by atoms with E-state index in [1.54, 1.807) is 103 Å². The highest BCUT2D eigenvalue weighted by Gasteiger charge is 2.38. The van der Waals surface area contributed by atoms with Gasteiger partial charge in [0.25, 0.3) is 0 Å². The van der Waals surface area contributed by atoms with Crippen molar-refractivity contribution < 1.29 is 20.0 Å². The maximum atomic E-state index is 3.94. The van der Waals surface area contributed by atoms with Crippen LogP contribution in [0.15, 0.2) is 110 Å². The van der Waals surface area contributed by atoms with E-state index in [1.165, 1.54) is 379 Å². The molecule has 0 atom stereocenters. The summed E-state index contributed by atoms with van der Waals surface area (Å²) in [7, 11) is 0. The number of allylic oxidation sites excluding steroid dienone is 16. The molecule has 0 amide bonds. The maximum absolute atomic E-state index is 3.94. The Kier molecular flexibility index (Phi) is 62.7. The molecule has 0 aromatic carbocycles. The van der Waals surface area contributed by atoms with Crippen molar-refractivity contribution in [2.45, 2.75) is 565 Å². The fourth-order valence-electron chi connectivity index (χ4n) is 31.2. The molecule has 14 saturated carbocycles. The number of hydrogen-bond acceptors (Lipinski definition) is 0. The molecule has 0 N–H and O–H groups in total. The van der Waals surface area contributed by atoms with E-state index in [-0.39, 0.29) is 20.0 Å². The highest BCUT2D eigenvalue weighted by Crippen LogP contribution is 2.51. The zero-order chi connectivity index (χ0) is 94.5. The second-order valence-electron chi connectivity index (χ2n) is 49.4. The van der Waals surface area contributed by atoms with E-state index in [0.29, 0.717) is 0 Å². The third-order valence-electron chi connectivity index (χ3n) is 40.6. The first-order valence-electron chi connectivity index (χ1n) is 61.9. The van der Waals surface area contributed by atoms with Gasteiger partial charge in [0.1, 0.15) is 0 Å². The lowest BCUT2D eigenvalue weighted by atomic mass is 9.68. The molecule has 14 rings (SSSR count). The fourth-order valence-corrected chi connectivity index (χ4v) is 31.2. The van der Waals surface area contributed by atoms with Crippen LogP contribution in [0.1, 0.15) is 585 Å². The lowest BCUT2D eigenvalue weighted by molar-refractivity contribution is 0.143. The van der Waals surface area contributed by atoms with Gasteiger partial charge in [-0.3, -0.25) is 0 Å². The van der Waals surface area contributed by atoms with E-state index >= 15 is 0 Å². The van der Waals surface area contributed by atoms with Crippen molar-refractivity contribution in [3.05, 3.63) is 110 Å². The monoisotopic (exact) mass is 1860 g/mol. The van der Waals surface area contributed by atoms with E-state index in [1.807, 2.05) is 0 Å². The summed E-state index contributed by atoms with van der Waals surface area (Å²) in [5.41, 5.74) is 0. The number of hydrogen-bond donors (Lipinski definition) is 0. The Balaban J connectivity index is -0.000000306. The first-order chi connectivity index (χ1) is 65.3. The second kappa shape index (κ2) is 72.0. The van der Waals surface area contributed by atoms with Crippen LogP contribution >= 0.6 is 0 Å². The summed E-state index contributed by atoms with van der Waals surface area (Å²) in [4.78, 5) is 0. The third-order valence-corrected chi connectivity index (χ3v) is 40.6. The predicted molar refractivity (Wildman–Crippen MR) is 626 cm³/mol. The first-order valence-corrected chi connectivity index (χ1v) is 61.9. The van der Waals surface area contributed by atoms with Crippen molar-refractivity contribution in [3.63, 3.8) is 0 Å². The third kappa shape index (κ3) is 45.9. The fraction of sp³-hybridized carbons (Fsp3) is 0.865.